The number of carboxylic acid groups (broad SMARTS) is 1. The average molecular weight is 241 g/mol. The van der Waals surface area contributed by atoms with Gasteiger partial charge in [0, 0.05) is 19.9 Å². The molecule has 7 nitrogen and oxygen atoms in total. The molecule has 0 atom stereocenters. The fourth-order valence-corrected chi connectivity index (χ4v) is 1.05. The van der Waals surface area contributed by atoms with E-state index in [0.717, 1.165) is 0 Å². The zero-order valence-electron chi connectivity index (χ0n) is 9.98. The van der Waals surface area contributed by atoms with Crippen LogP contribution in [0.4, 0.5) is 0 Å². The van der Waals surface area contributed by atoms with Crippen molar-refractivity contribution in [2.45, 2.75) is 27.2 Å². The molecule has 1 amide bonds. The minimum Gasteiger partial charge on any atom is -0.480 e. The molecule has 0 radical (unpaired) electrons. The molecule has 1 aromatic rings. The molecule has 0 spiro atoms. The summed E-state index contributed by atoms with van der Waals surface area (Å²) in [4.78, 5) is 26.3. The van der Waals surface area contributed by atoms with E-state index in [1.165, 1.54) is 13.8 Å². The first-order chi connectivity index (χ1) is 7.84. The van der Waals surface area contributed by atoms with E-state index < -0.39 is 17.3 Å². The fraction of sp³-hybridized carbons (Fsp3) is 0.600. The highest BCUT2D eigenvalue weighted by molar-refractivity contribution is 6.00. The molecule has 7 heteroatoms. The molecule has 17 heavy (non-hydrogen) atoms. The Balaban J connectivity index is 2.42. The second-order valence-electron chi connectivity index (χ2n) is 4.17. The second-order valence-corrected chi connectivity index (χ2v) is 4.17. The standard InChI is InChI=1S/C10H15N3O4/c1-6-12-7(13-17-6)4-5-11-8(14)10(2,3)9(15)16/h4-5H2,1-3H3,(H,11,14)(H,15,16). The topological polar surface area (TPSA) is 105 Å². The van der Waals surface area contributed by atoms with Crippen molar-refractivity contribution in [2.75, 3.05) is 6.54 Å². The third-order valence-electron chi connectivity index (χ3n) is 2.31. The molecule has 0 bridgehead atoms. The van der Waals surface area contributed by atoms with Crippen molar-refractivity contribution in [2.24, 2.45) is 5.41 Å². The first-order valence-electron chi connectivity index (χ1n) is 5.15. The monoisotopic (exact) mass is 241 g/mol. The summed E-state index contributed by atoms with van der Waals surface area (Å²) in [5.74, 6) is -0.760. The maximum absolute atomic E-state index is 11.5. The molecule has 1 heterocycles. The van der Waals surface area contributed by atoms with Crippen molar-refractivity contribution < 1.29 is 19.2 Å². The number of nitrogens with one attached hydrogen (secondary N) is 1. The van der Waals surface area contributed by atoms with E-state index in [1.807, 2.05) is 0 Å². The number of hydrogen-bond acceptors (Lipinski definition) is 5. The van der Waals surface area contributed by atoms with Gasteiger partial charge < -0.3 is 14.9 Å². The zero-order valence-corrected chi connectivity index (χ0v) is 9.98. The maximum atomic E-state index is 11.5. The van der Waals surface area contributed by atoms with E-state index in [-0.39, 0.29) is 6.54 Å². The summed E-state index contributed by atoms with van der Waals surface area (Å²) in [5, 5.41) is 15.0. The summed E-state index contributed by atoms with van der Waals surface area (Å²) in [6, 6.07) is 0. The number of aliphatic carboxylic acids is 1. The molecule has 0 aliphatic rings. The molecule has 94 valence electrons. The summed E-state index contributed by atoms with van der Waals surface area (Å²) in [5.41, 5.74) is -1.44. The number of rotatable bonds is 5. The number of carbonyl (C=O) groups is 2. The number of carboxylic acids is 1. The molecular weight excluding hydrogens is 226 g/mol. The van der Waals surface area contributed by atoms with Crippen LogP contribution < -0.4 is 5.32 Å². The Labute approximate surface area is 98.2 Å². The van der Waals surface area contributed by atoms with Crippen LogP contribution in [0.3, 0.4) is 0 Å². The third-order valence-corrected chi connectivity index (χ3v) is 2.31. The first kappa shape index (κ1) is 13.1. The number of hydrogen-bond donors (Lipinski definition) is 2. The van der Waals surface area contributed by atoms with E-state index in [1.54, 1.807) is 6.92 Å². The lowest BCUT2D eigenvalue weighted by Gasteiger charge is -2.17. The molecule has 2 N–H and O–H groups in total. The molecule has 0 fully saturated rings. The van der Waals surface area contributed by atoms with Crippen molar-refractivity contribution in [1.82, 2.24) is 15.5 Å². The lowest BCUT2D eigenvalue weighted by molar-refractivity contribution is -0.153. The Bertz CT molecular complexity index is 425. The molecule has 0 unspecified atom stereocenters. The van der Waals surface area contributed by atoms with Crippen molar-refractivity contribution in [3.8, 4) is 0 Å². The summed E-state index contributed by atoms with van der Waals surface area (Å²) >= 11 is 0. The lowest BCUT2D eigenvalue weighted by Crippen LogP contribution is -2.43. The van der Waals surface area contributed by atoms with Crippen LogP contribution >= 0.6 is 0 Å². The molecule has 0 saturated carbocycles. The normalized spacial score (nSPS) is 11.2. The SMILES string of the molecule is Cc1nc(CCNC(=O)C(C)(C)C(=O)O)no1. The minimum absolute atomic E-state index is 0.272. The Morgan fingerprint density at radius 1 is 1.47 bits per heavy atom. The average Bonchev–Trinajstić information content (AvgIpc) is 2.63. The molecule has 1 aromatic heterocycles. The maximum Gasteiger partial charge on any atom is 0.318 e. The Kier molecular flexibility index (Phi) is 3.82. The van der Waals surface area contributed by atoms with Crippen LogP contribution in [0.15, 0.2) is 4.52 Å². The van der Waals surface area contributed by atoms with Gasteiger partial charge in [0.2, 0.25) is 11.8 Å². The van der Waals surface area contributed by atoms with Crippen molar-refractivity contribution in [3.63, 3.8) is 0 Å². The van der Waals surface area contributed by atoms with Crippen LogP contribution in [0, 0.1) is 12.3 Å². The largest absolute Gasteiger partial charge is 0.480 e. The van der Waals surface area contributed by atoms with Crippen LogP contribution in [0.2, 0.25) is 0 Å². The number of nitrogens with zero attached hydrogens (tertiary/aromatic N) is 2. The van der Waals surface area contributed by atoms with Crippen LogP contribution in [-0.4, -0.2) is 33.7 Å². The van der Waals surface area contributed by atoms with Gasteiger partial charge in [-0.25, -0.2) is 0 Å². The van der Waals surface area contributed by atoms with Gasteiger partial charge in [-0.2, -0.15) is 4.98 Å². The summed E-state index contributed by atoms with van der Waals surface area (Å²) in [6.45, 7) is 4.64. The number of aryl methyl sites for hydroxylation is 1. The fourth-order valence-electron chi connectivity index (χ4n) is 1.05. The molecular formula is C10H15N3O4. The first-order valence-corrected chi connectivity index (χ1v) is 5.15. The van der Waals surface area contributed by atoms with Gasteiger partial charge in [0.15, 0.2) is 5.82 Å². The van der Waals surface area contributed by atoms with Gasteiger partial charge in [-0.15, -0.1) is 0 Å². The number of amides is 1. The smallest absolute Gasteiger partial charge is 0.318 e. The van der Waals surface area contributed by atoms with Crippen molar-refractivity contribution >= 4 is 11.9 Å². The van der Waals surface area contributed by atoms with E-state index in [4.69, 9.17) is 9.63 Å². The number of aromatic nitrogens is 2. The van der Waals surface area contributed by atoms with Gasteiger partial charge in [-0.05, 0) is 13.8 Å². The van der Waals surface area contributed by atoms with Gasteiger partial charge in [-0.1, -0.05) is 5.16 Å². The Hall–Kier alpha value is -1.92. The van der Waals surface area contributed by atoms with E-state index >= 15 is 0 Å². The molecule has 0 aromatic carbocycles. The highest BCUT2D eigenvalue weighted by Gasteiger charge is 2.35. The number of carbonyl (C=O) groups excluding carboxylic acids is 1. The molecule has 1 rings (SSSR count). The van der Waals surface area contributed by atoms with E-state index in [9.17, 15) is 9.59 Å². The van der Waals surface area contributed by atoms with Gasteiger partial charge in [0.1, 0.15) is 5.41 Å². The second kappa shape index (κ2) is 4.94. The van der Waals surface area contributed by atoms with Crippen LogP contribution in [-0.2, 0) is 16.0 Å². The van der Waals surface area contributed by atoms with Gasteiger partial charge in [-0.3, -0.25) is 9.59 Å². The summed E-state index contributed by atoms with van der Waals surface area (Å²) in [7, 11) is 0. The molecule has 0 aliphatic carbocycles. The summed E-state index contributed by atoms with van der Waals surface area (Å²) in [6.07, 6.45) is 0.402. The van der Waals surface area contributed by atoms with Crippen LogP contribution in [0.1, 0.15) is 25.6 Å². The van der Waals surface area contributed by atoms with Gasteiger partial charge in [0.05, 0.1) is 0 Å². The van der Waals surface area contributed by atoms with Gasteiger partial charge >= 0.3 is 5.97 Å². The molecule has 0 saturated heterocycles. The van der Waals surface area contributed by atoms with Crippen molar-refractivity contribution in [3.05, 3.63) is 11.7 Å². The minimum atomic E-state index is -1.44. The zero-order chi connectivity index (χ0) is 13.1. The third kappa shape index (κ3) is 3.27. The van der Waals surface area contributed by atoms with Crippen LogP contribution in [0.5, 0.6) is 0 Å². The lowest BCUT2D eigenvalue weighted by atomic mass is 9.93. The van der Waals surface area contributed by atoms with E-state index in [0.29, 0.717) is 18.1 Å². The quantitative estimate of drug-likeness (QED) is 0.711. The summed E-state index contributed by atoms with van der Waals surface area (Å²) < 4.78 is 4.76. The van der Waals surface area contributed by atoms with Crippen LogP contribution in [0.25, 0.3) is 0 Å². The van der Waals surface area contributed by atoms with Gasteiger partial charge in [0.25, 0.3) is 0 Å². The Morgan fingerprint density at radius 3 is 2.59 bits per heavy atom. The highest BCUT2D eigenvalue weighted by Crippen LogP contribution is 2.14. The predicted molar refractivity (Wildman–Crippen MR) is 57.2 cm³/mol. The Morgan fingerprint density at radius 2 is 2.12 bits per heavy atom. The highest BCUT2D eigenvalue weighted by atomic mass is 16.5. The molecule has 0 aliphatic heterocycles. The van der Waals surface area contributed by atoms with Crippen molar-refractivity contribution in [1.29, 1.82) is 0 Å². The predicted octanol–water partition coefficient (Wildman–Crippen LogP) is 0.148. The van der Waals surface area contributed by atoms with E-state index in [2.05, 4.69) is 15.5 Å².